The number of carboxylic acid groups (broad SMARTS) is 1. The first-order valence-electron chi connectivity index (χ1n) is 6.02. The molecule has 1 rings (SSSR count). The average Bonchev–Trinajstić information content (AvgIpc) is 2.39. The lowest BCUT2D eigenvalue weighted by Gasteiger charge is -2.14. The van der Waals surface area contributed by atoms with E-state index in [2.05, 4.69) is 10.6 Å². The van der Waals surface area contributed by atoms with Crippen molar-refractivity contribution < 1.29 is 24.2 Å². The molecule has 0 spiro atoms. The van der Waals surface area contributed by atoms with Crippen molar-refractivity contribution >= 4 is 17.9 Å². The third-order valence-electron chi connectivity index (χ3n) is 2.36. The van der Waals surface area contributed by atoms with Gasteiger partial charge in [-0.25, -0.2) is 9.59 Å². The first kappa shape index (κ1) is 15.5. The van der Waals surface area contributed by atoms with Crippen LogP contribution in [-0.4, -0.2) is 35.7 Å². The van der Waals surface area contributed by atoms with Gasteiger partial charge < -0.3 is 15.2 Å². The Morgan fingerprint density at radius 2 is 1.85 bits per heavy atom. The maximum absolute atomic E-state index is 11.6. The van der Waals surface area contributed by atoms with Crippen LogP contribution in [0.2, 0.25) is 0 Å². The van der Waals surface area contributed by atoms with E-state index in [-0.39, 0.29) is 5.56 Å². The lowest BCUT2D eigenvalue weighted by molar-refractivity contribution is -0.126. The monoisotopic (exact) mass is 280 g/mol. The summed E-state index contributed by atoms with van der Waals surface area (Å²) in [6.45, 7) is 3.62. The molecule has 3 amide bonds. The Hall–Kier alpha value is -2.57. The summed E-state index contributed by atoms with van der Waals surface area (Å²) in [5.74, 6) is -1.29. The molecule has 108 valence electrons. The van der Waals surface area contributed by atoms with Gasteiger partial charge in [0.05, 0.1) is 5.56 Å². The molecule has 0 bridgehead atoms. The zero-order chi connectivity index (χ0) is 15.1. The van der Waals surface area contributed by atoms with Gasteiger partial charge in [-0.2, -0.15) is 0 Å². The van der Waals surface area contributed by atoms with Crippen LogP contribution in [0, 0.1) is 0 Å². The molecule has 0 saturated heterocycles. The van der Waals surface area contributed by atoms with Gasteiger partial charge in [-0.1, -0.05) is 0 Å². The van der Waals surface area contributed by atoms with Gasteiger partial charge >= 0.3 is 12.0 Å². The molecule has 7 nitrogen and oxygen atoms in total. The zero-order valence-electron chi connectivity index (χ0n) is 11.2. The smallest absolute Gasteiger partial charge is 0.335 e. The van der Waals surface area contributed by atoms with Crippen LogP contribution in [0.5, 0.6) is 5.75 Å². The molecule has 7 heteroatoms. The average molecular weight is 280 g/mol. The Balaban J connectivity index is 2.56. The standard InChI is InChI=1S/C13H16N2O5/c1-3-14-13(19)15-11(16)8(2)20-10-6-4-9(5-7-10)12(17)18/h4-8H,3H2,1-2H3,(H,17,18)(H2,14,15,16,19). The van der Waals surface area contributed by atoms with E-state index in [1.54, 1.807) is 6.92 Å². The third-order valence-corrected chi connectivity index (χ3v) is 2.36. The summed E-state index contributed by atoms with van der Waals surface area (Å²) in [6.07, 6.45) is -0.881. The Kier molecular flexibility index (Phi) is 5.52. The number of hydrogen-bond donors (Lipinski definition) is 3. The maximum atomic E-state index is 11.6. The molecular formula is C13H16N2O5. The molecule has 1 atom stereocenters. The predicted octanol–water partition coefficient (Wildman–Crippen LogP) is 0.998. The molecule has 1 unspecified atom stereocenters. The Morgan fingerprint density at radius 1 is 1.25 bits per heavy atom. The molecule has 0 fully saturated rings. The normalized spacial score (nSPS) is 11.3. The van der Waals surface area contributed by atoms with Gasteiger partial charge in [0, 0.05) is 6.54 Å². The number of carboxylic acids is 1. The maximum Gasteiger partial charge on any atom is 0.335 e. The number of imide groups is 1. The Labute approximate surface area is 115 Å². The highest BCUT2D eigenvalue weighted by Gasteiger charge is 2.17. The molecule has 0 aliphatic rings. The number of urea groups is 1. The quantitative estimate of drug-likeness (QED) is 0.746. The van der Waals surface area contributed by atoms with E-state index in [0.29, 0.717) is 12.3 Å². The number of carbonyl (C=O) groups excluding carboxylic acids is 2. The second-order valence-corrected chi connectivity index (χ2v) is 3.94. The molecule has 20 heavy (non-hydrogen) atoms. The van der Waals surface area contributed by atoms with E-state index in [0.717, 1.165) is 0 Å². The van der Waals surface area contributed by atoms with E-state index in [4.69, 9.17) is 9.84 Å². The molecule has 3 N–H and O–H groups in total. The summed E-state index contributed by atoms with van der Waals surface area (Å²) in [4.78, 5) is 33.5. The molecule has 0 heterocycles. The summed E-state index contributed by atoms with van der Waals surface area (Å²) in [5.41, 5.74) is 0.122. The first-order chi connectivity index (χ1) is 9.43. The van der Waals surface area contributed by atoms with Crippen LogP contribution in [0.3, 0.4) is 0 Å². The molecule has 0 saturated carbocycles. The fourth-order valence-electron chi connectivity index (χ4n) is 1.35. The predicted molar refractivity (Wildman–Crippen MR) is 70.7 cm³/mol. The van der Waals surface area contributed by atoms with Crippen molar-refractivity contribution in [2.24, 2.45) is 0 Å². The second kappa shape index (κ2) is 7.13. The van der Waals surface area contributed by atoms with E-state index >= 15 is 0 Å². The van der Waals surface area contributed by atoms with Crippen LogP contribution in [0.15, 0.2) is 24.3 Å². The van der Waals surface area contributed by atoms with Gasteiger partial charge in [-0.3, -0.25) is 10.1 Å². The van der Waals surface area contributed by atoms with Crippen molar-refractivity contribution in [3.63, 3.8) is 0 Å². The van der Waals surface area contributed by atoms with Gasteiger partial charge in [0.15, 0.2) is 6.10 Å². The number of rotatable bonds is 5. The van der Waals surface area contributed by atoms with Crippen molar-refractivity contribution in [1.29, 1.82) is 0 Å². The number of amides is 3. The highest BCUT2D eigenvalue weighted by atomic mass is 16.5. The minimum atomic E-state index is -1.04. The SMILES string of the molecule is CCNC(=O)NC(=O)C(C)Oc1ccc(C(=O)O)cc1. The van der Waals surface area contributed by atoms with E-state index in [1.165, 1.54) is 31.2 Å². The lowest BCUT2D eigenvalue weighted by atomic mass is 10.2. The fraction of sp³-hybridized carbons (Fsp3) is 0.308. The molecule has 0 radical (unpaired) electrons. The minimum Gasteiger partial charge on any atom is -0.481 e. The van der Waals surface area contributed by atoms with E-state index < -0.39 is 24.0 Å². The molecule has 1 aromatic carbocycles. The number of carbonyl (C=O) groups is 3. The van der Waals surface area contributed by atoms with E-state index in [1.807, 2.05) is 0 Å². The minimum absolute atomic E-state index is 0.122. The topological polar surface area (TPSA) is 105 Å². The summed E-state index contributed by atoms with van der Waals surface area (Å²) >= 11 is 0. The number of ether oxygens (including phenoxy) is 1. The molecule has 0 aliphatic carbocycles. The molecular weight excluding hydrogens is 264 g/mol. The molecule has 0 aromatic heterocycles. The van der Waals surface area contributed by atoms with Crippen LogP contribution >= 0.6 is 0 Å². The summed E-state index contributed by atoms with van der Waals surface area (Å²) in [6, 6.07) is 5.03. The van der Waals surface area contributed by atoms with Crippen LogP contribution in [0.4, 0.5) is 4.79 Å². The van der Waals surface area contributed by atoms with Crippen molar-refractivity contribution in [3.8, 4) is 5.75 Å². The number of nitrogens with one attached hydrogen (secondary N) is 2. The van der Waals surface area contributed by atoms with Gasteiger partial charge in [0.2, 0.25) is 0 Å². The Morgan fingerprint density at radius 3 is 2.35 bits per heavy atom. The summed E-state index contributed by atoms with van der Waals surface area (Å²) in [7, 11) is 0. The number of benzene rings is 1. The van der Waals surface area contributed by atoms with E-state index in [9.17, 15) is 14.4 Å². The highest BCUT2D eigenvalue weighted by Crippen LogP contribution is 2.13. The Bertz CT molecular complexity index is 498. The van der Waals surface area contributed by atoms with Crippen LogP contribution < -0.4 is 15.4 Å². The van der Waals surface area contributed by atoms with Gasteiger partial charge in [0.1, 0.15) is 5.75 Å². The van der Waals surface area contributed by atoms with Gasteiger partial charge in [-0.15, -0.1) is 0 Å². The fourth-order valence-corrected chi connectivity index (χ4v) is 1.35. The molecule has 0 aliphatic heterocycles. The third kappa shape index (κ3) is 4.60. The first-order valence-corrected chi connectivity index (χ1v) is 6.02. The number of aromatic carboxylic acids is 1. The van der Waals surface area contributed by atoms with Crippen LogP contribution in [0.1, 0.15) is 24.2 Å². The largest absolute Gasteiger partial charge is 0.481 e. The van der Waals surface area contributed by atoms with Gasteiger partial charge in [-0.05, 0) is 38.1 Å². The lowest BCUT2D eigenvalue weighted by Crippen LogP contribution is -2.45. The van der Waals surface area contributed by atoms with Crippen molar-refractivity contribution in [2.45, 2.75) is 20.0 Å². The van der Waals surface area contributed by atoms with Crippen molar-refractivity contribution in [1.82, 2.24) is 10.6 Å². The summed E-state index contributed by atoms with van der Waals surface area (Å²) < 4.78 is 5.30. The van der Waals surface area contributed by atoms with Crippen molar-refractivity contribution in [3.05, 3.63) is 29.8 Å². The summed E-state index contributed by atoms with van der Waals surface area (Å²) in [5, 5.41) is 13.3. The highest BCUT2D eigenvalue weighted by molar-refractivity contribution is 5.96. The zero-order valence-corrected chi connectivity index (χ0v) is 11.2. The van der Waals surface area contributed by atoms with Crippen LogP contribution in [-0.2, 0) is 4.79 Å². The van der Waals surface area contributed by atoms with Gasteiger partial charge in [0.25, 0.3) is 5.91 Å². The molecule has 1 aromatic rings. The second-order valence-electron chi connectivity index (χ2n) is 3.94. The van der Waals surface area contributed by atoms with Crippen LogP contribution in [0.25, 0.3) is 0 Å². The number of hydrogen-bond acceptors (Lipinski definition) is 4. The van der Waals surface area contributed by atoms with Crippen molar-refractivity contribution in [2.75, 3.05) is 6.54 Å².